The first kappa shape index (κ1) is 40.8. The molecule has 1 aliphatic carbocycles. The lowest BCUT2D eigenvalue weighted by molar-refractivity contribution is -0.126. The van der Waals surface area contributed by atoms with Crippen LogP contribution in [-0.2, 0) is 15.1 Å². The zero-order chi connectivity index (χ0) is 39.4. The van der Waals surface area contributed by atoms with Crippen LogP contribution in [0, 0.1) is 17.6 Å². The van der Waals surface area contributed by atoms with E-state index in [-0.39, 0.29) is 57.2 Å². The number of nitrogens with zero attached hydrogens (tertiary/aromatic N) is 1. The van der Waals surface area contributed by atoms with Crippen molar-refractivity contribution in [3.8, 4) is 22.6 Å². The van der Waals surface area contributed by atoms with Crippen LogP contribution in [-0.4, -0.2) is 68.2 Å². The van der Waals surface area contributed by atoms with Gasteiger partial charge >= 0.3 is 6.09 Å². The molecule has 2 atom stereocenters. The second kappa shape index (κ2) is 16.9. The Hall–Kier alpha value is -4.42. The van der Waals surface area contributed by atoms with Crippen molar-refractivity contribution in [3.63, 3.8) is 0 Å². The van der Waals surface area contributed by atoms with E-state index in [9.17, 15) is 14.4 Å². The van der Waals surface area contributed by atoms with Gasteiger partial charge in [0.05, 0.1) is 17.7 Å². The molecule has 4 N–H and O–H groups in total. The normalized spacial score (nSPS) is 20.8. The lowest BCUT2D eigenvalue weighted by Crippen LogP contribution is -2.48. The van der Waals surface area contributed by atoms with Gasteiger partial charge in [0.1, 0.15) is 17.2 Å². The number of fused-ring (bicyclic) bond motifs is 1. The Balaban J connectivity index is 1.27. The molecule has 0 unspecified atom stereocenters. The van der Waals surface area contributed by atoms with E-state index in [1.54, 1.807) is 11.9 Å². The van der Waals surface area contributed by atoms with E-state index in [1.165, 1.54) is 25.3 Å². The average Bonchev–Trinajstić information content (AvgIpc) is 3.41. The van der Waals surface area contributed by atoms with Gasteiger partial charge in [-0.2, -0.15) is 0 Å². The van der Waals surface area contributed by atoms with Gasteiger partial charge in [0, 0.05) is 67.3 Å². The fraction of sp³-hybridized carbons (Fsp3) is 0.488. The summed E-state index contributed by atoms with van der Waals surface area (Å²) < 4.78 is 49.0. The lowest BCUT2D eigenvalue weighted by Gasteiger charge is -2.37. The number of nitrogens with one attached hydrogen (secondary N) is 2. The topological polar surface area (TPSA) is 132 Å². The quantitative estimate of drug-likeness (QED) is 0.152. The van der Waals surface area contributed by atoms with E-state index in [0.717, 1.165) is 31.2 Å². The Morgan fingerprint density at radius 3 is 2.35 bits per heavy atom. The smallest absolute Gasteiger partial charge is 0.410 e. The van der Waals surface area contributed by atoms with E-state index in [4.69, 9.17) is 31.5 Å². The first-order valence-electron chi connectivity index (χ1n) is 18.5. The fourth-order valence-electron chi connectivity index (χ4n) is 7.50. The minimum absolute atomic E-state index is 0.0104. The maximum Gasteiger partial charge on any atom is 0.410 e. The monoisotopic (exact) mass is 768 g/mol. The highest BCUT2D eigenvalue weighted by Gasteiger charge is 2.50. The first-order valence-corrected chi connectivity index (χ1v) is 18.8. The maximum absolute atomic E-state index is 16.1. The van der Waals surface area contributed by atoms with Crippen molar-refractivity contribution < 1.29 is 37.4 Å². The molecule has 1 aliphatic heterocycles. The van der Waals surface area contributed by atoms with Crippen LogP contribution in [0.2, 0.25) is 5.02 Å². The number of hydrogen-bond acceptors (Lipinski definition) is 7. The summed E-state index contributed by atoms with van der Waals surface area (Å²) >= 11 is 6.63. The number of nitrogens with two attached hydrogens (primary N) is 1. The number of carbonyl (C=O) groups excluding carboxylic acids is 3. The standard InChI is InChI=1S/C41H51ClF2N4O6/c1-24-32-31(22-29(43)35(42)34(32)33-28(37(45)49)18-19-30(52-6)36(33)44)53-41(24,26-12-8-7-9-13-26)23-47-27-16-14-25(15-17-27)38(50)46-20-10-11-21-48(5)39(51)54-40(2,3)4/h7-9,12-13,18-19,22,24-25,27,47H,10-11,14-17,20-21,23H2,1-6H3,(H2,45,49)(H,46,50)/t24-,25?,27?,41-/m0/s1. The third-order valence-electron chi connectivity index (χ3n) is 10.4. The number of methoxy groups -OCH3 is 1. The number of halogens is 3. The number of rotatable bonds is 13. The van der Waals surface area contributed by atoms with Crippen LogP contribution in [0.5, 0.6) is 11.5 Å². The highest BCUT2D eigenvalue weighted by molar-refractivity contribution is 6.34. The summed E-state index contributed by atoms with van der Waals surface area (Å²) in [7, 11) is 3.00. The van der Waals surface area contributed by atoms with Crippen LogP contribution < -0.4 is 25.8 Å². The van der Waals surface area contributed by atoms with Crippen molar-refractivity contribution >= 4 is 29.5 Å². The van der Waals surface area contributed by atoms with Crippen LogP contribution in [0.25, 0.3) is 11.1 Å². The van der Waals surface area contributed by atoms with Crippen molar-refractivity contribution in [2.45, 2.75) is 89.4 Å². The molecular weight excluding hydrogens is 718 g/mol. The molecule has 3 aromatic carbocycles. The summed E-state index contributed by atoms with van der Waals surface area (Å²) in [5, 5.41) is 6.37. The summed E-state index contributed by atoms with van der Waals surface area (Å²) in [6, 6.07) is 13.4. The summed E-state index contributed by atoms with van der Waals surface area (Å²) in [5.74, 6) is -3.19. The molecule has 5 rings (SSSR count). The van der Waals surface area contributed by atoms with Gasteiger partial charge in [0.15, 0.2) is 17.2 Å². The average molecular weight is 769 g/mol. The molecule has 3 aromatic rings. The Labute approximate surface area is 321 Å². The largest absolute Gasteiger partial charge is 0.494 e. The number of ether oxygens (including phenoxy) is 3. The molecule has 1 heterocycles. The summed E-state index contributed by atoms with van der Waals surface area (Å²) in [6.07, 6.45) is 4.03. The van der Waals surface area contributed by atoms with E-state index >= 15 is 8.78 Å². The summed E-state index contributed by atoms with van der Waals surface area (Å²) in [5.41, 5.74) is 4.90. The summed E-state index contributed by atoms with van der Waals surface area (Å²) in [4.78, 5) is 39.3. The number of hydrogen-bond donors (Lipinski definition) is 3. The fourth-order valence-corrected chi connectivity index (χ4v) is 7.75. The van der Waals surface area contributed by atoms with Crippen LogP contribution in [0.15, 0.2) is 48.5 Å². The predicted molar refractivity (Wildman–Crippen MR) is 204 cm³/mol. The van der Waals surface area contributed by atoms with Crippen LogP contribution in [0.1, 0.15) is 93.6 Å². The molecule has 2 aliphatic rings. The van der Waals surface area contributed by atoms with Crippen molar-refractivity contribution in [2.75, 3.05) is 33.8 Å². The third kappa shape index (κ3) is 8.76. The Morgan fingerprint density at radius 1 is 1.04 bits per heavy atom. The van der Waals surface area contributed by atoms with E-state index in [0.29, 0.717) is 38.0 Å². The Morgan fingerprint density at radius 2 is 1.72 bits per heavy atom. The van der Waals surface area contributed by atoms with Crippen LogP contribution in [0.4, 0.5) is 13.6 Å². The van der Waals surface area contributed by atoms with Crippen molar-refractivity contribution in [1.82, 2.24) is 15.5 Å². The second-order valence-electron chi connectivity index (χ2n) is 15.2. The predicted octanol–water partition coefficient (Wildman–Crippen LogP) is 7.70. The minimum Gasteiger partial charge on any atom is -0.494 e. The van der Waals surface area contributed by atoms with Gasteiger partial charge in [-0.3, -0.25) is 9.59 Å². The van der Waals surface area contributed by atoms with Gasteiger partial charge < -0.3 is 35.5 Å². The molecule has 0 saturated heterocycles. The van der Waals surface area contributed by atoms with Crippen molar-refractivity contribution in [1.29, 1.82) is 0 Å². The number of primary amides is 1. The molecule has 0 bridgehead atoms. The Bertz CT molecular complexity index is 1850. The Kier molecular flexibility index (Phi) is 12.8. The molecule has 1 saturated carbocycles. The summed E-state index contributed by atoms with van der Waals surface area (Å²) in [6.45, 7) is 8.78. The number of carbonyl (C=O) groups is 3. The molecule has 3 amide bonds. The van der Waals surface area contributed by atoms with Crippen molar-refractivity contribution in [3.05, 3.63) is 81.9 Å². The first-order chi connectivity index (χ1) is 25.6. The third-order valence-corrected chi connectivity index (χ3v) is 10.8. The molecule has 54 heavy (non-hydrogen) atoms. The minimum atomic E-state index is -1.07. The molecule has 13 heteroatoms. The van der Waals surface area contributed by atoms with E-state index < -0.39 is 34.7 Å². The zero-order valence-corrected chi connectivity index (χ0v) is 32.6. The highest BCUT2D eigenvalue weighted by atomic mass is 35.5. The van der Waals surface area contributed by atoms with Gasteiger partial charge in [0.25, 0.3) is 0 Å². The van der Waals surface area contributed by atoms with Gasteiger partial charge in [-0.15, -0.1) is 0 Å². The van der Waals surface area contributed by atoms with Gasteiger partial charge in [-0.05, 0) is 77.0 Å². The maximum atomic E-state index is 16.1. The molecular formula is C41H51ClF2N4O6. The van der Waals surface area contributed by atoms with E-state index in [1.807, 2.05) is 58.0 Å². The zero-order valence-electron chi connectivity index (χ0n) is 31.8. The van der Waals surface area contributed by atoms with Crippen LogP contribution >= 0.6 is 11.6 Å². The molecule has 0 spiro atoms. The molecule has 1 fully saturated rings. The molecule has 0 radical (unpaired) electrons. The highest BCUT2D eigenvalue weighted by Crippen LogP contribution is 2.56. The van der Waals surface area contributed by atoms with Crippen LogP contribution in [0.3, 0.4) is 0 Å². The van der Waals surface area contributed by atoms with Gasteiger partial charge in [-0.1, -0.05) is 48.9 Å². The molecule has 10 nitrogen and oxygen atoms in total. The lowest BCUT2D eigenvalue weighted by atomic mass is 9.77. The number of amides is 3. The molecule has 292 valence electrons. The van der Waals surface area contributed by atoms with Crippen molar-refractivity contribution in [2.24, 2.45) is 11.7 Å². The van der Waals surface area contributed by atoms with E-state index in [2.05, 4.69) is 10.6 Å². The second-order valence-corrected chi connectivity index (χ2v) is 15.6. The van der Waals surface area contributed by atoms with Gasteiger partial charge in [-0.25, -0.2) is 13.6 Å². The molecule has 0 aromatic heterocycles. The SMILES string of the molecule is COc1ccc(C(N)=O)c(-c2c(Cl)c(F)cc3c2[C@H](C)[C@@](CNC2CCC(C(=O)NCCCCN(C)C(=O)OC(C)(C)C)CC2)(c2ccccc2)O3)c1F. The number of unbranched alkanes of at least 4 members (excludes halogenated alkanes) is 1. The number of benzene rings is 3. The van der Waals surface area contributed by atoms with Gasteiger partial charge in [0.2, 0.25) is 11.8 Å².